The van der Waals surface area contributed by atoms with Crippen molar-refractivity contribution in [3.05, 3.63) is 0 Å². The lowest BCUT2D eigenvalue weighted by atomic mass is 10.0. The van der Waals surface area contributed by atoms with Gasteiger partial charge < -0.3 is 5.32 Å². The Hall–Kier alpha value is -0.995. The van der Waals surface area contributed by atoms with Crippen molar-refractivity contribution >= 4 is 19.7 Å². The Bertz CT molecular complexity index is 233. The molecule has 0 aromatic carbocycles. The van der Waals surface area contributed by atoms with Gasteiger partial charge in [0.1, 0.15) is 13.7 Å². The first kappa shape index (κ1) is 12.1. The van der Waals surface area contributed by atoms with Gasteiger partial charge in [0, 0.05) is 19.5 Å². The quantitative estimate of drug-likeness (QED) is 0.528. The van der Waals surface area contributed by atoms with Crippen LogP contribution in [0.25, 0.3) is 0 Å². The van der Waals surface area contributed by atoms with Gasteiger partial charge in [0.15, 0.2) is 0 Å². The fourth-order valence-corrected chi connectivity index (χ4v) is 1.70. The molecule has 0 aliphatic carbocycles. The second kappa shape index (κ2) is 6.48. The zero-order valence-corrected chi connectivity index (χ0v) is 9.51. The number of likely N-dealkylation sites (tertiary alicyclic amines) is 1. The first-order valence-electron chi connectivity index (χ1n) is 5.88. The van der Waals surface area contributed by atoms with Crippen LogP contribution < -0.4 is 5.32 Å². The number of carbonyl (C=O) groups is 1. The lowest BCUT2D eigenvalue weighted by Gasteiger charge is -2.21. The summed E-state index contributed by atoms with van der Waals surface area (Å²) in [6.45, 7) is 1.43. The Morgan fingerprint density at radius 2 is 2.27 bits per heavy atom. The van der Waals surface area contributed by atoms with Crippen LogP contribution in [0.15, 0.2) is 0 Å². The standard InChI is InChI=1S/C10H20BN3O/c11-6-4-7-13-10(15)14-8-3-1-2-5-9(14)12/h12H,1-8,11H2,(H,13,15). The molecule has 1 heterocycles. The molecular formula is C10H20BN3O. The van der Waals surface area contributed by atoms with E-state index in [0.717, 1.165) is 45.0 Å². The van der Waals surface area contributed by atoms with E-state index in [0.29, 0.717) is 12.4 Å². The number of hydrogen-bond acceptors (Lipinski definition) is 2. The summed E-state index contributed by atoms with van der Waals surface area (Å²) in [5.41, 5.74) is 0. The maximum atomic E-state index is 11.7. The summed E-state index contributed by atoms with van der Waals surface area (Å²) in [6.07, 6.45) is 6.01. The number of hydrogen-bond donors (Lipinski definition) is 2. The highest BCUT2D eigenvalue weighted by Gasteiger charge is 2.19. The Labute approximate surface area is 92.3 Å². The van der Waals surface area contributed by atoms with Gasteiger partial charge in [-0.2, -0.15) is 0 Å². The Kier molecular flexibility index (Phi) is 5.22. The first-order chi connectivity index (χ1) is 7.25. The predicted octanol–water partition coefficient (Wildman–Crippen LogP) is 0.991. The minimum Gasteiger partial charge on any atom is -0.338 e. The van der Waals surface area contributed by atoms with E-state index in [9.17, 15) is 4.79 Å². The largest absolute Gasteiger partial charge is 0.338 e. The monoisotopic (exact) mass is 209 g/mol. The molecule has 1 saturated heterocycles. The number of rotatable bonds is 3. The van der Waals surface area contributed by atoms with E-state index in [2.05, 4.69) is 13.2 Å². The fraction of sp³-hybridized carbons (Fsp3) is 0.800. The summed E-state index contributed by atoms with van der Waals surface area (Å²) < 4.78 is 0. The topological polar surface area (TPSA) is 56.2 Å². The van der Waals surface area contributed by atoms with Crippen LogP contribution in [-0.4, -0.2) is 37.7 Å². The van der Waals surface area contributed by atoms with Gasteiger partial charge in [0.25, 0.3) is 0 Å². The molecule has 0 aromatic heterocycles. The minimum absolute atomic E-state index is 0.0876. The van der Waals surface area contributed by atoms with Crippen LogP contribution in [0.2, 0.25) is 6.32 Å². The average molecular weight is 209 g/mol. The molecule has 1 fully saturated rings. The zero-order chi connectivity index (χ0) is 11.1. The van der Waals surface area contributed by atoms with Crippen molar-refractivity contribution in [3.63, 3.8) is 0 Å². The number of amidine groups is 1. The van der Waals surface area contributed by atoms with Gasteiger partial charge in [-0.3, -0.25) is 10.3 Å². The maximum absolute atomic E-state index is 11.7. The third-order valence-electron chi connectivity index (χ3n) is 2.67. The summed E-state index contributed by atoms with van der Waals surface area (Å²) in [7, 11) is 2.10. The van der Waals surface area contributed by atoms with Crippen molar-refractivity contribution in [2.75, 3.05) is 13.1 Å². The molecule has 0 unspecified atom stereocenters. The highest BCUT2D eigenvalue weighted by molar-refractivity contribution is 6.08. The molecule has 84 valence electrons. The number of carbonyl (C=O) groups excluding carboxylic acids is 1. The summed E-state index contributed by atoms with van der Waals surface area (Å²) >= 11 is 0. The van der Waals surface area contributed by atoms with Crippen molar-refractivity contribution in [1.29, 1.82) is 5.41 Å². The van der Waals surface area contributed by atoms with Crippen LogP contribution in [0.5, 0.6) is 0 Å². The Morgan fingerprint density at radius 1 is 1.47 bits per heavy atom. The van der Waals surface area contributed by atoms with E-state index in [-0.39, 0.29) is 6.03 Å². The average Bonchev–Trinajstić information content (AvgIpc) is 2.43. The summed E-state index contributed by atoms with van der Waals surface area (Å²) in [4.78, 5) is 13.3. The molecule has 1 aliphatic heterocycles. The molecule has 1 rings (SSSR count). The lowest BCUT2D eigenvalue weighted by molar-refractivity contribution is 0.220. The fourth-order valence-electron chi connectivity index (χ4n) is 1.70. The molecular weight excluding hydrogens is 189 g/mol. The highest BCUT2D eigenvalue weighted by atomic mass is 16.2. The molecule has 5 heteroatoms. The van der Waals surface area contributed by atoms with Gasteiger partial charge >= 0.3 is 6.03 Å². The summed E-state index contributed by atoms with van der Waals surface area (Å²) in [6, 6.07) is -0.0876. The van der Waals surface area contributed by atoms with Crippen LogP contribution >= 0.6 is 0 Å². The molecule has 0 radical (unpaired) electrons. The van der Waals surface area contributed by atoms with Gasteiger partial charge in [0.2, 0.25) is 0 Å². The van der Waals surface area contributed by atoms with E-state index < -0.39 is 0 Å². The van der Waals surface area contributed by atoms with Crippen molar-refractivity contribution in [1.82, 2.24) is 10.2 Å². The van der Waals surface area contributed by atoms with E-state index in [1.165, 1.54) is 0 Å². The van der Waals surface area contributed by atoms with Crippen molar-refractivity contribution in [3.8, 4) is 0 Å². The van der Waals surface area contributed by atoms with E-state index >= 15 is 0 Å². The molecule has 0 spiro atoms. The van der Waals surface area contributed by atoms with E-state index in [4.69, 9.17) is 5.41 Å². The molecule has 0 bridgehead atoms. The SMILES string of the molecule is BCCCNC(=O)N1CCCCCC1=N. The molecule has 0 aromatic rings. The highest BCUT2D eigenvalue weighted by Crippen LogP contribution is 2.11. The summed E-state index contributed by atoms with van der Waals surface area (Å²) in [5.74, 6) is 0.474. The zero-order valence-electron chi connectivity index (χ0n) is 9.51. The minimum atomic E-state index is -0.0876. The van der Waals surface area contributed by atoms with Gasteiger partial charge in [-0.15, -0.1) is 0 Å². The predicted molar refractivity (Wildman–Crippen MR) is 64.3 cm³/mol. The third-order valence-corrected chi connectivity index (χ3v) is 2.67. The van der Waals surface area contributed by atoms with Crippen LogP contribution in [0.4, 0.5) is 4.79 Å². The van der Waals surface area contributed by atoms with Crippen molar-refractivity contribution in [2.24, 2.45) is 0 Å². The van der Waals surface area contributed by atoms with Crippen LogP contribution in [0.3, 0.4) is 0 Å². The smallest absolute Gasteiger partial charge is 0.322 e. The lowest BCUT2D eigenvalue weighted by Crippen LogP contribution is -2.43. The number of nitrogens with one attached hydrogen (secondary N) is 2. The molecule has 4 nitrogen and oxygen atoms in total. The van der Waals surface area contributed by atoms with Crippen LogP contribution in [0, 0.1) is 5.41 Å². The maximum Gasteiger partial charge on any atom is 0.322 e. The number of urea groups is 1. The Morgan fingerprint density at radius 3 is 3.00 bits per heavy atom. The van der Waals surface area contributed by atoms with Gasteiger partial charge in [-0.25, -0.2) is 4.79 Å². The van der Waals surface area contributed by atoms with Gasteiger partial charge in [-0.05, 0) is 19.3 Å². The first-order valence-corrected chi connectivity index (χ1v) is 5.88. The molecule has 1 aliphatic rings. The summed E-state index contributed by atoms with van der Waals surface area (Å²) in [5, 5.41) is 10.6. The molecule has 2 amide bonds. The second-order valence-corrected chi connectivity index (χ2v) is 3.99. The second-order valence-electron chi connectivity index (χ2n) is 3.99. The van der Waals surface area contributed by atoms with E-state index in [1.807, 2.05) is 0 Å². The number of nitrogens with zero attached hydrogens (tertiary/aromatic N) is 1. The van der Waals surface area contributed by atoms with Gasteiger partial charge in [-0.1, -0.05) is 12.7 Å². The molecule has 15 heavy (non-hydrogen) atoms. The third kappa shape index (κ3) is 3.94. The van der Waals surface area contributed by atoms with Crippen molar-refractivity contribution in [2.45, 2.75) is 38.4 Å². The Balaban J connectivity index is 2.38. The van der Waals surface area contributed by atoms with Crippen LogP contribution in [-0.2, 0) is 0 Å². The van der Waals surface area contributed by atoms with Crippen LogP contribution in [0.1, 0.15) is 32.1 Å². The van der Waals surface area contributed by atoms with E-state index in [1.54, 1.807) is 4.90 Å². The normalized spacial score (nSPS) is 17.3. The molecule has 0 saturated carbocycles. The van der Waals surface area contributed by atoms with Gasteiger partial charge in [0.05, 0.1) is 0 Å². The van der Waals surface area contributed by atoms with Crippen molar-refractivity contribution < 1.29 is 4.79 Å². The molecule has 2 N–H and O–H groups in total. The number of amides is 2. The molecule has 0 atom stereocenters.